The molecular weight excluding hydrogens is 238 g/mol. The molecule has 1 aromatic heterocycles. The van der Waals surface area contributed by atoms with Crippen molar-refractivity contribution in [2.45, 2.75) is 30.9 Å². The number of aliphatic hydroxyl groups excluding tert-OH is 1. The highest BCUT2D eigenvalue weighted by Gasteiger charge is 2.08. The largest absolute Gasteiger partial charge is 0.390 e. The van der Waals surface area contributed by atoms with E-state index in [1.165, 1.54) is 11.8 Å². The standard InChI is InChI=1S/C11H19N3O2S/c1-2-3-6-16-7-9(15)8-17-11-10(12)13-4-5-14-11/h4-5,9,15H,2-3,6-8H2,1H3,(H2,12,13). The lowest BCUT2D eigenvalue weighted by Gasteiger charge is -2.10. The first-order valence-electron chi connectivity index (χ1n) is 5.69. The average Bonchev–Trinajstić information content (AvgIpc) is 2.34. The topological polar surface area (TPSA) is 81.3 Å². The van der Waals surface area contributed by atoms with Crippen molar-refractivity contribution in [2.75, 3.05) is 24.7 Å². The molecule has 0 fully saturated rings. The number of aliphatic hydroxyl groups is 1. The van der Waals surface area contributed by atoms with Gasteiger partial charge in [-0.1, -0.05) is 25.1 Å². The van der Waals surface area contributed by atoms with Crippen molar-refractivity contribution in [1.29, 1.82) is 0 Å². The molecule has 1 rings (SSSR count). The van der Waals surface area contributed by atoms with E-state index in [1.54, 1.807) is 12.4 Å². The second kappa shape index (κ2) is 8.27. The monoisotopic (exact) mass is 257 g/mol. The molecule has 0 aromatic carbocycles. The van der Waals surface area contributed by atoms with E-state index in [2.05, 4.69) is 16.9 Å². The summed E-state index contributed by atoms with van der Waals surface area (Å²) in [7, 11) is 0. The Balaban J connectivity index is 2.19. The van der Waals surface area contributed by atoms with Gasteiger partial charge in [0.05, 0.1) is 12.7 Å². The van der Waals surface area contributed by atoms with Crippen molar-refractivity contribution in [1.82, 2.24) is 9.97 Å². The molecule has 96 valence electrons. The summed E-state index contributed by atoms with van der Waals surface area (Å²) in [5, 5.41) is 10.3. The molecule has 0 amide bonds. The molecule has 0 aliphatic heterocycles. The Hall–Kier alpha value is -0.850. The molecule has 0 aliphatic rings. The fourth-order valence-corrected chi connectivity index (χ4v) is 1.92. The number of hydrogen-bond donors (Lipinski definition) is 2. The third kappa shape index (κ3) is 5.86. The molecular formula is C11H19N3O2S. The van der Waals surface area contributed by atoms with E-state index >= 15 is 0 Å². The quantitative estimate of drug-likeness (QED) is 0.540. The number of rotatable bonds is 8. The van der Waals surface area contributed by atoms with Gasteiger partial charge in [-0.3, -0.25) is 0 Å². The van der Waals surface area contributed by atoms with Crippen LogP contribution in [0.15, 0.2) is 17.4 Å². The van der Waals surface area contributed by atoms with Gasteiger partial charge in [-0.15, -0.1) is 0 Å². The van der Waals surface area contributed by atoms with Crippen molar-refractivity contribution >= 4 is 17.6 Å². The number of thioether (sulfide) groups is 1. The summed E-state index contributed by atoms with van der Waals surface area (Å²) >= 11 is 1.39. The Labute approximate surface area is 106 Å². The van der Waals surface area contributed by atoms with Crippen LogP contribution in [0.5, 0.6) is 0 Å². The summed E-state index contributed by atoms with van der Waals surface area (Å²) < 4.78 is 5.32. The molecule has 0 saturated carbocycles. The summed E-state index contributed by atoms with van der Waals surface area (Å²) in [5.74, 6) is 0.909. The van der Waals surface area contributed by atoms with Crippen molar-refractivity contribution < 1.29 is 9.84 Å². The average molecular weight is 257 g/mol. The maximum absolute atomic E-state index is 9.67. The molecule has 0 radical (unpaired) electrons. The maximum atomic E-state index is 9.67. The van der Waals surface area contributed by atoms with Crippen LogP contribution in [0.2, 0.25) is 0 Å². The van der Waals surface area contributed by atoms with Crippen LogP contribution in [-0.4, -0.2) is 40.1 Å². The van der Waals surface area contributed by atoms with Crippen LogP contribution in [0, 0.1) is 0 Å². The molecule has 17 heavy (non-hydrogen) atoms. The van der Waals surface area contributed by atoms with E-state index in [1.807, 2.05) is 0 Å². The lowest BCUT2D eigenvalue weighted by atomic mass is 10.3. The van der Waals surface area contributed by atoms with Crippen LogP contribution in [0.3, 0.4) is 0 Å². The summed E-state index contributed by atoms with van der Waals surface area (Å²) in [5.41, 5.74) is 5.64. The zero-order valence-electron chi connectivity index (χ0n) is 10.0. The molecule has 0 spiro atoms. The van der Waals surface area contributed by atoms with Crippen LogP contribution >= 0.6 is 11.8 Å². The highest BCUT2D eigenvalue weighted by atomic mass is 32.2. The lowest BCUT2D eigenvalue weighted by Crippen LogP contribution is -2.18. The Morgan fingerprint density at radius 1 is 1.47 bits per heavy atom. The first-order valence-corrected chi connectivity index (χ1v) is 6.67. The normalized spacial score (nSPS) is 12.6. The molecule has 0 bridgehead atoms. The minimum absolute atomic E-state index is 0.354. The van der Waals surface area contributed by atoms with Crippen molar-refractivity contribution in [3.63, 3.8) is 0 Å². The second-order valence-corrected chi connectivity index (χ2v) is 4.65. The van der Waals surface area contributed by atoms with Gasteiger partial charge in [0.15, 0.2) is 5.82 Å². The third-order valence-corrected chi connectivity index (χ3v) is 3.20. The molecule has 1 aromatic rings. The third-order valence-electron chi connectivity index (χ3n) is 2.06. The highest BCUT2D eigenvalue weighted by Crippen LogP contribution is 2.20. The number of aromatic nitrogens is 2. The van der Waals surface area contributed by atoms with Gasteiger partial charge in [-0.25, -0.2) is 9.97 Å². The molecule has 0 aliphatic carbocycles. The van der Waals surface area contributed by atoms with E-state index in [9.17, 15) is 5.11 Å². The first-order chi connectivity index (χ1) is 8.24. The van der Waals surface area contributed by atoms with Crippen LogP contribution in [0.25, 0.3) is 0 Å². The van der Waals surface area contributed by atoms with E-state index in [0.29, 0.717) is 29.8 Å². The SMILES string of the molecule is CCCCOCC(O)CSc1nccnc1N. The fourth-order valence-electron chi connectivity index (χ4n) is 1.14. The van der Waals surface area contributed by atoms with Crippen LogP contribution < -0.4 is 5.73 Å². The van der Waals surface area contributed by atoms with Crippen LogP contribution in [-0.2, 0) is 4.74 Å². The molecule has 3 N–H and O–H groups in total. The van der Waals surface area contributed by atoms with Gasteiger partial charge in [-0.05, 0) is 6.42 Å². The zero-order valence-corrected chi connectivity index (χ0v) is 10.8. The molecule has 0 saturated heterocycles. The molecule has 1 heterocycles. The first kappa shape index (κ1) is 14.2. The molecule has 6 heteroatoms. The van der Waals surface area contributed by atoms with Crippen molar-refractivity contribution in [3.05, 3.63) is 12.4 Å². The maximum Gasteiger partial charge on any atom is 0.156 e. The smallest absolute Gasteiger partial charge is 0.156 e. The van der Waals surface area contributed by atoms with Gasteiger partial charge < -0.3 is 15.6 Å². The minimum Gasteiger partial charge on any atom is -0.390 e. The second-order valence-electron chi connectivity index (χ2n) is 3.64. The van der Waals surface area contributed by atoms with Gasteiger partial charge in [0, 0.05) is 24.8 Å². The Morgan fingerprint density at radius 2 is 2.24 bits per heavy atom. The number of hydrogen-bond acceptors (Lipinski definition) is 6. The van der Waals surface area contributed by atoms with E-state index < -0.39 is 6.10 Å². The predicted molar refractivity (Wildman–Crippen MR) is 68.9 cm³/mol. The summed E-state index contributed by atoms with van der Waals surface area (Å²) in [6.07, 6.45) is 4.75. The van der Waals surface area contributed by atoms with Crippen molar-refractivity contribution in [3.8, 4) is 0 Å². The van der Waals surface area contributed by atoms with E-state index in [0.717, 1.165) is 12.8 Å². The van der Waals surface area contributed by atoms with Gasteiger partial charge in [-0.2, -0.15) is 0 Å². The summed E-state index contributed by atoms with van der Waals surface area (Å²) in [4.78, 5) is 8.01. The van der Waals surface area contributed by atoms with Crippen LogP contribution in [0.1, 0.15) is 19.8 Å². The minimum atomic E-state index is -0.502. The number of nitrogen functional groups attached to an aromatic ring is 1. The van der Waals surface area contributed by atoms with Gasteiger partial charge >= 0.3 is 0 Å². The highest BCUT2D eigenvalue weighted by molar-refractivity contribution is 7.99. The molecule has 1 unspecified atom stereocenters. The summed E-state index contributed by atoms with van der Waals surface area (Å²) in [6.45, 7) is 3.16. The number of ether oxygens (including phenoxy) is 1. The number of nitrogens with two attached hydrogens (primary N) is 1. The zero-order chi connectivity index (χ0) is 12.5. The fraction of sp³-hybridized carbons (Fsp3) is 0.636. The molecule has 1 atom stereocenters. The Bertz CT molecular complexity index is 325. The Kier molecular flexibility index (Phi) is 6.91. The lowest BCUT2D eigenvalue weighted by molar-refractivity contribution is 0.0473. The number of anilines is 1. The predicted octanol–water partition coefficient (Wildman–Crippen LogP) is 1.33. The van der Waals surface area contributed by atoms with E-state index in [4.69, 9.17) is 10.5 Å². The van der Waals surface area contributed by atoms with Gasteiger partial charge in [0.1, 0.15) is 5.03 Å². The number of unbranched alkanes of at least 4 members (excludes halogenated alkanes) is 1. The number of nitrogens with zero attached hydrogens (tertiary/aromatic N) is 2. The van der Waals surface area contributed by atoms with Crippen LogP contribution in [0.4, 0.5) is 5.82 Å². The van der Waals surface area contributed by atoms with Crippen molar-refractivity contribution in [2.24, 2.45) is 0 Å². The summed E-state index contributed by atoms with van der Waals surface area (Å²) in [6, 6.07) is 0. The van der Waals surface area contributed by atoms with E-state index in [-0.39, 0.29) is 0 Å². The Morgan fingerprint density at radius 3 is 2.94 bits per heavy atom. The van der Waals surface area contributed by atoms with Gasteiger partial charge in [0.25, 0.3) is 0 Å². The molecule has 5 nitrogen and oxygen atoms in total. The van der Waals surface area contributed by atoms with Gasteiger partial charge in [0.2, 0.25) is 0 Å².